The van der Waals surface area contributed by atoms with Crippen LogP contribution in [-0.2, 0) is 19.4 Å². The number of quaternary nitrogens is 1. The Balaban J connectivity index is 4.96. The van der Waals surface area contributed by atoms with Crippen LogP contribution in [0.1, 0.15) is 6.42 Å². The van der Waals surface area contributed by atoms with Gasteiger partial charge in [-0.1, -0.05) is 0 Å². The van der Waals surface area contributed by atoms with E-state index in [1.807, 2.05) is 0 Å². The lowest BCUT2D eigenvalue weighted by molar-refractivity contribution is -0.876. The molecule has 96 valence electrons. The molecule has 0 aromatic carbocycles. The van der Waals surface area contributed by atoms with E-state index in [0.29, 0.717) is 0 Å². The third-order valence-corrected chi connectivity index (χ3v) is 2.01. The minimum absolute atomic E-state index is 0.0981. The molecule has 4 N–H and O–H groups in total. The van der Waals surface area contributed by atoms with Gasteiger partial charge < -0.3 is 9.59 Å². The molecule has 0 aromatic heterocycles. The Bertz CT molecular complexity index is 360. The van der Waals surface area contributed by atoms with Crippen LogP contribution in [0.4, 0.5) is 0 Å². The molecule has 0 amide bonds. The predicted molar refractivity (Wildman–Crippen MR) is 54.7 cm³/mol. The zero-order valence-corrected chi connectivity index (χ0v) is 10.2. The lowest BCUT2D eigenvalue weighted by atomic mass is 10.1. The first-order chi connectivity index (χ1) is 6.83. The van der Waals surface area contributed by atoms with Crippen molar-refractivity contribution in [3.8, 4) is 0 Å². The highest BCUT2D eigenvalue weighted by Gasteiger charge is 2.39. The van der Waals surface area contributed by atoms with Crippen molar-refractivity contribution in [2.24, 2.45) is 5.73 Å². The van der Waals surface area contributed by atoms with Crippen molar-refractivity contribution in [2.75, 3.05) is 27.7 Å². The van der Waals surface area contributed by atoms with Gasteiger partial charge in [-0.2, -0.15) is 8.42 Å². The number of hydrogen-bond acceptors (Lipinski definition) is 5. The fourth-order valence-electron chi connectivity index (χ4n) is 1.38. The molecular weight excluding hydrogens is 240 g/mol. The highest BCUT2D eigenvalue weighted by molar-refractivity contribution is 7.80. The van der Waals surface area contributed by atoms with Crippen molar-refractivity contribution in [3.63, 3.8) is 0 Å². The van der Waals surface area contributed by atoms with Gasteiger partial charge in [0, 0.05) is 0 Å². The summed E-state index contributed by atoms with van der Waals surface area (Å²) < 4.78 is 34.1. The third kappa shape index (κ3) is 7.54. The SMILES string of the molecule is C[N+](C)(C)CC(N)(CC(=O)O)OS(=O)(=O)O. The van der Waals surface area contributed by atoms with Gasteiger partial charge >= 0.3 is 16.4 Å². The quantitative estimate of drug-likeness (QED) is 0.304. The number of carboxylic acid groups (broad SMARTS) is 1. The van der Waals surface area contributed by atoms with Crippen molar-refractivity contribution >= 4 is 16.4 Å². The van der Waals surface area contributed by atoms with E-state index in [1.165, 1.54) is 0 Å². The summed E-state index contributed by atoms with van der Waals surface area (Å²) in [6.45, 7) is -0.0981. The number of likely N-dealkylation sites (N-methyl/N-ethyl adjacent to an activating group) is 1. The number of nitrogens with two attached hydrogens (primary N) is 1. The van der Waals surface area contributed by atoms with Crippen LogP contribution >= 0.6 is 0 Å². The van der Waals surface area contributed by atoms with Gasteiger partial charge in [0.1, 0.15) is 6.54 Å². The van der Waals surface area contributed by atoms with Gasteiger partial charge in [-0.25, -0.2) is 4.18 Å². The minimum atomic E-state index is -4.80. The van der Waals surface area contributed by atoms with E-state index < -0.39 is 28.5 Å². The number of carbonyl (C=O) groups is 1. The van der Waals surface area contributed by atoms with Gasteiger partial charge in [-0.05, 0) is 0 Å². The van der Waals surface area contributed by atoms with Crippen molar-refractivity contribution in [1.82, 2.24) is 0 Å². The molecule has 0 saturated heterocycles. The molecule has 0 aliphatic carbocycles. The van der Waals surface area contributed by atoms with Crippen LogP contribution < -0.4 is 5.73 Å². The topological polar surface area (TPSA) is 127 Å². The summed E-state index contributed by atoms with van der Waals surface area (Å²) in [5.74, 6) is -1.32. The zero-order chi connectivity index (χ0) is 13.2. The fraction of sp³-hybridized carbons (Fsp3) is 0.857. The van der Waals surface area contributed by atoms with Crippen LogP contribution in [0.15, 0.2) is 0 Å². The van der Waals surface area contributed by atoms with E-state index >= 15 is 0 Å². The number of carboxylic acids is 1. The first kappa shape index (κ1) is 15.3. The van der Waals surface area contributed by atoms with Crippen molar-refractivity contribution in [3.05, 3.63) is 0 Å². The summed E-state index contributed by atoms with van der Waals surface area (Å²) >= 11 is 0. The van der Waals surface area contributed by atoms with E-state index in [9.17, 15) is 13.2 Å². The maximum absolute atomic E-state index is 10.6. The summed E-state index contributed by atoms with van der Waals surface area (Å²) in [6.07, 6.45) is -0.734. The highest BCUT2D eigenvalue weighted by Crippen LogP contribution is 2.15. The molecule has 16 heavy (non-hydrogen) atoms. The molecule has 0 aromatic rings. The van der Waals surface area contributed by atoms with Crippen LogP contribution in [0.25, 0.3) is 0 Å². The van der Waals surface area contributed by atoms with E-state index in [2.05, 4.69) is 4.18 Å². The van der Waals surface area contributed by atoms with Crippen LogP contribution in [0.3, 0.4) is 0 Å². The average molecular weight is 257 g/mol. The normalized spacial score (nSPS) is 16.8. The van der Waals surface area contributed by atoms with Gasteiger partial charge in [0.2, 0.25) is 0 Å². The molecule has 1 unspecified atom stereocenters. The molecule has 0 aliphatic heterocycles. The van der Waals surface area contributed by atoms with Crippen LogP contribution in [-0.4, -0.2) is 61.9 Å². The second kappa shape index (κ2) is 4.63. The lowest BCUT2D eigenvalue weighted by Crippen LogP contribution is -2.58. The fourth-order valence-corrected chi connectivity index (χ4v) is 1.91. The summed E-state index contributed by atoms with van der Waals surface area (Å²) in [5, 5.41) is 8.60. The molecule has 0 aliphatic rings. The molecule has 0 saturated carbocycles. The smallest absolute Gasteiger partial charge is 0.399 e. The number of hydrogen-bond donors (Lipinski definition) is 3. The summed E-state index contributed by atoms with van der Waals surface area (Å²) in [7, 11) is 0.234. The molecule has 0 spiro atoms. The molecule has 0 fully saturated rings. The molecule has 9 heteroatoms. The maximum Gasteiger partial charge on any atom is 0.399 e. The van der Waals surface area contributed by atoms with Crippen molar-refractivity contribution < 1.29 is 31.5 Å². The number of nitrogens with zero attached hydrogens (tertiary/aromatic N) is 1. The first-order valence-corrected chi connectivity index (χ1v) is 5.69. The van der Waals surface area contributed by atoms with Crippen molar-refractivity contribution in [1.29, 1.82) is 0 Å². The Morgan fingerprint density at radius 2 is 1.88 bits per heavy atom. The predicted octanol–water partition coefficient (Wildman–Crippen LogP) is -1.36. The largest absolute Gasteiger partial charge is 0.481 e. The van der Waals surface area contributed by atoms with Crippen LogP contribution in [0, 0.1) is 0 Å². The highest BCUT2D eigenvalue weighted by atomic mass is 32.3. The lowest BCUT2D eigenvalue weighted by Gasteiger charge is -2.33. The number of rotatable bonds is 6. The first-order valence-electron chi connectivity index (χ1n) is 4.32. The van der Waals surface area contributed by atoms with E-state index in [-0.39, 0.29) is 11.0 Å². The summed E-state index contributed by atoms with van der Waals surface area (Å²) in [5.41, 5.74) is 3.54. The van der Waals surface area contributed by atoms with Gasteiger partial charge in [0.15, 0.2) is 5.72 Å². The Labute approximate surface area is 94.1 Å². The van der Waals surface area contributed by atoms with E-state index in [4.69, 9.17) is 15.4 Å². The molecule has 0 heterocycles. The Hall–Kier alpha value is -0.740. The van der Waals surface area contributed by atoms with E-state index in [0.717, 1.165) is 0 Å². The Kier molecular flexibility index (Phi) is 4.42. The van der Waals surface area contributed by atoms with Gasteiger partial charge in [-0.15, -0.1) is 0 Å². The molecule has 0 bridgehead atoms. The van der Waals surface area contributed by atoms with Crippen LogP contribution in [0.5, 0.6) is 0 Å². The second-order valence-corrected chi connectivity index (χ2v) is 5.62. The zero-order valence-electron chi connectivity index (χ0n) is 9.37. The second-order valence-electron chi connectivity index (χ2n) is 4.59. The Morgan fingerprint density at radius 1 is 1.44 bits per heavy atom. The van der Waals surface area contributed by atoms with Gasteiger partial charge in [-0.3, -0.25) is 15.1 Å². The molecule has 1 atom stereocenters. The van der Waals surface area contributed by atoms with Crippen LogP contribution in [0.2, 0.25) is 0 Å². The molecular formula is C7H17N2O6S+. The third-order valence-electron chi connectivity index (χ3n) is 1.46. The van der Waals surface area contributed by atoms with Gasteiger partial charge in [0.25, 0.3) is 0 Å². The summed E-state index contributed by atoms with van der Waals surface area (Å²) in [4.78, 5) is 10.5. The average Bonchev–Trinajstić information content (AvgIpc) is 1.69. The monoisotopic (exact) mass is 257 g/mol. The van der Waals surface area contributed by atoms with E-state index in [1.54, 1.807) is 21.1 Å². The van der Waals surface area contributed by atoms with Gasteiger partial charge in [0.05, 0.1) is 27.6 Å². The molecule has 8 nitrogen and oxygen atoms in total. The molecule has 0 rings (SSSR count). The molecule has 0 radical (unpaired) electrons. The minimum Gasteiger partial charge on any atom is -0.481 e. The van der Waals surface area contributed by atoms with Crippen molar-refractivity contribution in [2.45, 2.75) is 12.1 Å². The summed E-state index contributed by atoms with van der Waals surface area (Å²) in [6, 6.07) is 0. The Morgan fingerprint density at radius 3 is 2.12 bits per heavy atom. The maximum atomic E-state index is 10.6. The standard InChI is InChI=1S/C7H16N2O6S/c1-9(2,3)5-7(8,4-6(10)11)15-16(12,13)14/h4-5,8H2,1-3H3,(H-,10,11,12,13,14)/p+1. The number of aliphatic carboxylic acids is 1.